The van der Waals surface area contributed by atoms with Gasteiger partial charge in [0.15, 0.2) is 0 Å². The van der Waals surface area contributed by atoms with Crippen LogP contribution in [-0.2, 0) is 9.59 Å². The van der Waals surface area contributed by atoms with Gasteiger partial charge < -0.3 is 15.8 Å². The summed E-state index contributed by atoms with van der Waals surface area (Å²) in [5.41, 5.74) is 6.39. The monoisotopic (exact) mass is 319 g/mol. The summed E-state index contributed by atoms with van der Waals surface area (Å²) in [6.07, 6.45) is 2.21. The van der Waals surface area contributed by atoms with Gasteiger partial charge in [0.1, 0.15) is 5.75 Å². The zero-order valence-corrected chi connectivity index (χ0v) is 13.6. The van der Waals surface area contributed by atoms with Crippen LogP contribution in [0.25, 0.3) is 0 Å². The Labute approximate surface area is 137 Å². The third-order valence-electron chi connectivity index (χ3n) is 3.87. The Morgan fingerprint density at radius 2 is 2.09 bits per heavy atom. The van der Waals surface area contributed by atoms with Crippen molar-refractivity contribution in [3.8, 4) is 5.75 Å². The predicted octanol–water partition coefficient (Wildman–Crippen LogP) is 0.830. The molecule has 1 heterocycles. The highest BCUT2D eigenvalue weighted by Crippen LogP contribution is 2.12. The lowest BCUT2D eigenvalue weighted by atomic mass is 10.1. The second kappa shape index (κ2) is 8.53. The number of nitrogens with one attached hydrogen (secondary N) is 1. The quantitative estimate of drug-likeness (QED) is 0.779. The van der Waals surface area contributed by atoms with E-state index < -0.39 is 0 Å². The van der Waals surface area contributed by atoms with Crippen LogP contribution in [-0.4, -0.2) is 49.0 Å². The lowest BCUT2D eigenvalue weighted by Crippen LogP contribution is -2.49. The third kappa shape index (κ3) is 6.28. The van der Waals surface area contributed by atoms with Crippen LogP contribution in [0, 0.1) is 6.92 Å². The molecule has 1 saturated heterocycles. The first-order valence-electron chi connectivity index (χ1n) is 8.02. The van der Waals surface area contributed by atoms with Gasteiger partial charge >= 0.3 is 0 Å². The summed E-state index contributed by atoms with van der Waals surface area (Å²) in [7, 11) is 0. The molecule has 1 aromatic carbocycles. The van der Waals surface area contributed by atoms with Crippen LogP contribution < -0.4 is 15.8 Å². The van der Waals surface area contributed by atoms with Gasteiger partial charge in [-0.05, 0) is 38.4 Å². The Morgan fingerprint density at radius 1 is 1.35 bits per heavy atom. The first kappa shape index (κ1) is 17.3. The van der Waals surface area contributed by atoms with Crippen molar-refractivity contribution < 1.29 is 14.3 Å². The van der Waals surface area contributed by atoms with Crippen LogP contribution in [0.4, 0.5) is 0 Å². The van der Waals surface area contributed by atoms with Crippen molar-refractivity contribution >= 4 is 11.8 Å². The maximum Gasteiger partial charge on any atom is 0.231 e. The summed E-state index contributed by atoms with van der Waals surface area (Å²) < 4.78 is 5.56. The van der Waals surface area contributed by atoms with Gasteiger partial charge in [0.25, 0.3) is 0 Å². The molecule has 0 spiro atoms. The second-order valence-electron chi connectivity index (χ2n) is 6.02. The molecule has 0 radical (unpaired) electrons. The number of likely N-dealkylation sites (tertiary alicyclic amines) is 1. The number of rotatable bonds is 7. The molecular formula is C17H25N3O3. The Morgan fingerprint density at radius 3 is 2.78 bits per heavy atom. The van der Waals surface area contributed by atoms with E-state index in [9.17, 15) is 9.59 Å². The minimum atomic E-state index is -0.330. The molecule has 23 heavy (non-hydrogen) atoms. The number of hydrogen-bond donors (Lipinski definition) is 2. The van der Waals surface area contributed by atoms with E-state index in [4.69, 9.17) is 10.5 Å². The van der Waals surface area contributed by atoms with Crippen LogP contribution in [0.2, 0.25) is 0 Å². The summed E-state index contributed by atoms with van der Waals surface area (Å²) in [6.45, 7) is 4.15. The molecule has 1 fully saturated rings. The third-order valence-corrected chi connectivity index (χ3v) is 3.87. The Hall–Kier alpha value is -2.08. The minimum absolute atomic E-state index is 0.0250. The molecule has 0 saturated carbocycles. The Kier molecular flexibility index (Phi) is 6.40. The summed E-state index contributed by atoms with van der Waals surface area (Å²) in [4.78, 5) is 24.9. The highest BCUT2D eigenvalue weighted by atomic mass is 16.5. The number of hydrogen-bond acceptors (Lipinski definition) is 4. The van der Waals surface area contributed by atoms with Crippen molar-refractivity contribution in [1.29, 1.82) is 0 Å². The molecule has 126 valence electrons. The van der Waals surface area contributed by atoms with E-state index in [1.165, 1.54) is 5.56 Å². The van der Waals surface area contributed by atoms with Gasteiger partial charge in [-0.2, -0.15) is 0 Å². The molecular weight excluding hydrogens is 294 g/mol. The molecule has 2 amide bonds. The number of piperidine rings is 1. The molecule has 1 atom stereocenters. The van der Waals surface area contributed by atoms with Crippen LogP contribution in [0.3, 0.4) is 0 Å². The topological polar surface area (TPSA) is 84.7 Å². The first-order chi connectivity index (χ1) is 11.0. The molecule has 0 aliphatic carbocycles. The highest BCUT2D eigenvalue weighted by molar-refractivity contribution is 5.77. The second-order valence-corrected chi connectivity index (χ2v) is 6.02. The van der Waals surface area contributed by atoms with Crippen molar-refractivity contribution in [3.05, 3.63) is 29.8 Å². The standard InChI is InChI=1S/C17H25N3O3/c1-13-4-6-15(7-5-13)23-10-8-17(22)19-14-3-2-9-20(11-14)12-16(18)21/h4-7,14H,2-3,8-12H2,1H3,(H2,18,21)(H,19,22)/t14-/m0/s1. The lowest BCUT2D eigenvalue weighted by molar-refractivity contribution is -0.122. The van der Waals surface area contributed by atoms with E-state index in [2.05, 4.69) is 5.32 Å². The van der Waals surface area contributed by atoms with E-state index in [0.717, 1.165) is 25.1 Å². The van der Waals surface area contributed by atoms with E-state index >= 15 is 0 Å². The van der Waals surface area contributed by atoms with Gasteiger partial charge in [-0.25, -0.2) is 0 Å². The van der Waals surface area contributed by atoms with Crippen LogP contribution in [0.15, 0.2) is 24.3 Å². The number of primary amides is 1. The molecule has 0 unspecified atom stereocenters. The number of aryl methyl sites for hydroxylation is 1. The Balaban J connectivity index is 1.67. The molecule has 6 nitrogen and oxygen atoms in total. The van der Waals surface area contributed by atoms with Crippen LogP contribution in [0.5, 0.6) is 5.75 Å². The zero-order valence-electron chi connectivity index (χ0n) is 13.6. The first-order valence-corrected chi connectivity index (χ1v) is 8.02. The van der Waals surface area contributed by atoms with Gasteiger partial charge in [-0.1, -0.05) is 17.7 Å². The number of carbonyl (C=O) groups excluding carboxylic acids is 2. The fraction of sp³-hybridized carbons (Fsp3) is 0.529. The molecule has 6 heteroatoms. The van der Waals surface area contributed by atoms with Crippen molar-refractivity contribution in [1.82, 2.24) is 10.2 Å². The molecule has 3 N–H and O–H groups in total. The summed E-state index contributed by atoms with van der Waals surface area (Å²) in [5, 5.41) is 3.00. The summed E-state index contributed by atoms with van der Waals surface area (Å²) in [5.74, 6) is 0.417. The van der Waals surface area contributed by atoms with Crippen molar-refractivity contribution in [2.24, 2.45) is 5.73 Å². The number of ether oxygens (including phenoxy) is 1. The Bertz CT molecular complexity index is 530. The number of nitrogens with two attached hydrogens (primary N) is 1. The molecule has 2 rings (SSSR count). The zero-order chi connectivity index (χ0) is 16.7. The number of benzene rings is 1. The van der Waals surface area contributed by atoms with Gasteiger partial charge in [0.05, 0.1) is 19.6 Å². The molecule has 0 aromatic heterocycles. The number of carbonyl (C=O) groups is 2. The number of nitrogens with zero attached hydrogens (tertiary/aromatic N) is 1. The fourth-order valence-electron chi connectivity index (χ4n) is 2.73. The average molecular weight is 319 g/mol. The van der Waals surface area contributed by atoms with E-state index in [-0.39, 0.29) is 24.4 Å². The average Bonchev–Trinajstić information content (AvgIpc) is 2.49. The fourth-order valence-corrected chi connectivity index (χ4v) is 2.73. The van der Waals surface area contributed by atoms with Gasteiger partial charge in [0, 0.05) is 12.6 Å². The molecule has 1 aliphatic rings. The molecule has 1 aliphatic heterocycles. The number of amides is 2. The van der Waals surface area contributed by atoms with Crippen molar-refractivity contribution in [2.45, 2.75) is 32.2 Å². The normalized spacial score (nSPS) is 18.4. The van der Waals surface area contributed by atoms with Crippen LogP contribution in [0.1, 0.15) is 24.8 Å². The van der Waals surface area contributed by atoms with Crippen molar-refractivity contribution in [3.63, 3.8) is 0 Å². The van der Waals surface area contributed by atoms with Gasteiger partial charge in [0.2, 0.25) is 11.8 Å². The van der Waals surface area contributed by atoms with Crippen LogP contribution >= 0.6 is 0 Å². The van der Waals surface area contributed by atoms with Gasteiger partial charge in [-0.3, -0.25) is 14.5 Å². The summed E-state index contributed by atoms with van der Waals surface area (Å²) >= 11 is 0. The summed E-state index contributed by atoms with van der Waals surface area (Å²) in [6, 6.07) is 7.83. The van der Waals surface area contributed by atoms with E-state index in [1.807, 2.05) is 36.1 Å². The predicted molar refractivity (Wildman–Crippen MR) is 88.1 cm³/mol. The smallest absolute Gasteiger partial charge is 0.231 e. The molecule has 0 bridgehead atoms. The maximum atomic E-state index is 12.0. The minimum Gasteiger partial charge on any atom is -0.493 e. The van der Waals surface area contributed by atoms with Crippen molar-refractivity contribution in [2.75, 3.05) is 26.2 Å². The van der Waals surface area contributed by atoms with E-state index in [0.29, 0.717) is 19.6 Å². The molecule has 1 aromatic rings. The lowest BCUT2D eigenvalue weighted by Gasteiger charge is -2.32. The largest absolute Gasteiger partial charge is 0.493 e. The highest BCUT2D eigenvalue weighted by Gasteiger charge is 2.22. The van der Waals surface area contributed by atoms with E-state index in [1.54, 1.807) is 0 Å². The van der Waals surface area contributed by atoms with Gasteiger partial charge in [-0.15, -0.1) is 0 Å². The maximum absolute atomic E-state index is 12.0. The SMILES string of the molecule is Cc1ccc(OCCC(=O)N[C@H]2CCCN(CC(N)=O)C2)cc1.